The van der Waals surface area contributed by atoms with E-state index in [2.05, 4.69) is 55.7 Å². The fraction of sp³-hybridized carbons (Fsp3) is 0.240. The predicted molar refractivity (Wildman–Crippen MR) is 121 cm³/mol. The van der Waals surface area contributed by atoms with Crippen LogP contribution in [0.4, 0.5) is 5.69 Å². The normalized spacial score (nSPS) is 11.9. The van der Waals surface area contributed by atoms with Crippen LogP contribution in [0.2, 0.25) is 0 Å². The summed E-state index contributed by atoms with van der Waals surface area (Å²) in [4.78, 5) is 10.6. The van der Waals surface area contributed by atoms with E-state index < -0.39 is 4.92 Å². The summed E-state index contributed by atoms with van der Waals surface area (Å²) in [6.45, 7) is 10.6. The molecule has 0 aliphatic heterocycles. The van der Waals surface area contributed by atoms with Gasteiger partial charge in [-0.15, -0.1) is 0 Å². The molecule has 3 aromatic rings. The van der Waals surface area contributed by atoms with E-state index in [1.54, 1.807) is 18.2 Å². The Bertz CT molecular complexity index is 1170. The lowest BCUT2D eigenvalue weighted by atomic mass is 9.87. The highest BCUT2D eigenvalue weighted by atomic mass is 16.6. The first kappa shape index (κ1) is 21.1. The Labute approximate surface area is 177 Å². The zero-order valence-electron chi connectivity index (χ0n) is 17.9. The van der Waals surface area contributed by atoms with Gasteiger partial charge in [-0.05, 0) is 60.2 Å². The first-order valence-electron chi connectivity index (χ1n) is 9.78. The molecule has 0 aliphatic rings. The van der Waals surface area contributed by atoms with Crippen LogP contribution in [0.15, 0.2) is 54.6 Å². The fourth-order valence-corrected chi connectivity index (χ4v) is 3.56. The first-order chi connectivity index (χ1) is 14.1. The number of hydrogen-bond acceptors (Lipinski definition) is 3. The van der Waals surface area contributed by atoms with E-state index in [9.17, 15) is 15.4 Å². The number of allylic oxidation sites excluding steroid dienone is 1. The lowest BCUT2D eigenvalue weighted by molar-refractivity contribution is -0.384. The molecule has 0 bridgehead atoms. The molecule has 5 heteroatoms. The number of aromatic nitrogens is 1. The SMILES string of the molecule is Cc1cc(C=C(C#N)c2cccc([N+](=O)[O-])c2)c(C)n1-c1ccc(C(C)(C)C)cc1. The number of nitriles is 1. The van der Waals surface area contributed by atoms with Crippen LogP contribution in [-0.2, 0) is 5.41 Å². The minimum atomic E-state index is -0.453. The van der Waals surface area contributed by atoms with Crippen molar-refractivity contribution in [1.29, 1.82) is 5.26 Å². The number of rotatable bonds is 4. The van der Waals surface area contributed by atoms with E-state index >= 15 is 0 Å². The number of nitro groups is 1. The number of nitro benzene ring substituents is 1. The van der Waals surface area contributed by atoms with Crippen LogP contribution >= 0.6 is 0 Å². The van der Waals surface area contributed by atoms with Crippen molar-refractivity contribution < 1.29 is 4.92 Å². The maximum atomic E-state index is 11.1. The Morgan fingerprint density at radius 2 is 1.77 bits per heavy atom. The molecule has 30 heavy (non-hydrogen) atoms. The summed E-state index contributed by atoms with van der Waals surface area (Å²) in [5.74, 6) is 0. The van der Waals surface area contributed by atoms with Gasteiger partial charge in [0.15, 0.2) is 0 Å². The number of non-ortho nitro benzene ring substituents is 1. The standard InChI is InChI=1S/C25H25N3O2/c1-17-13-20(14-21(16-26)19-7-6-8-24(15-19)28(29)30)18(2)27(17)23-11-9-22(10-12-23)25(3,4)5/h6-15H,1-5H3. The van der Waals surface area contributed by atoms with Crippen LogP contribution in [0.3, 0.4) is 0 Å². The average molecular weight is 399 g/mol. The molecule has 3 rings (SSSR count). The number of nitrogens with zero attached hydrogens (tertiary/aromatic N) is 3. The molecule has 0 aliphatic carbocycles. The Morgan fingerprint density at radius 3 is 2.33 bits per heavy atom. The van der Waals surface area contributed by atoms with Gasteiger partial charge in [-0.25, -0.2) is 0 Å². The highest BCUT2D eigenvalue weighted by Crippen LogP contribution is 2.28. The number of hydrogen-bond donors (Lipinski definition) is 0. The highest BCUT2D eigenvalue weighted by Gasteiger charge is 2.15. The zero-order chi connectivity index (χ0) is 22.1. The third kappa shape index (κ3) is 4.18. The second-order valence-electron chi connectivity index (χ2n) is 8.44. The van der Waals surface area contributed by atoms with Crippen LogP contribution < -0.4 is 0 Å². The largest absolute Gasteiger partial charge is 0.318 e. The van der Waals surface area contributed by atoms with Crippen LogP contribution in [0.5, 0.6) is 0 Å². The van der Waals surface area contributed by atoms with Crippen molar-refractivity contribution in [2.45, 2.75) is 40.0 Å². The third-order valence-corrected chi connectivity index (χ3v) is 5.25. The topological polar surface area (TPSA) is 71.9 Å². The molecule has 0 spiro atoms. The van der Waals surface area contributed by atoms with Gasteiger partial charge in [0, 0.05) is 29.2 Å². The summed E-state index contributed by atoms with van der Waals surface area (Å²) in [7, 11) is 0. The lowest BCUT2D eigenvalue weighted by Gasteiger charge is -2.20. The van der Waals surface area contributed by atoms with Crippen molar-refractivity contribution in [2.24, 2.45) is 0 Å². The van der Waals surface area contributed by atoms with Crippen LogP contribution in [0, 0.1) is 35.3 Å². The molecule has 2 aromatic carbocycles. The summed E-state index contributed by atoms with van der Waals surface area (Å²) in [6, 6.07) is 18.9. The summed E-state index contributed by atoms with van der Waals surface area (Å²) in [5.41, 5.74) is 6.29. The molecule has 1 heterocycles. The number of benzene rings is 2. The van der Waals surface area contributed by atoms with E-state index in [0.29, 0.717) is 11.1 Å². The van der Waals surface area contributed by atoms with Crippen molar-refractivity contribution in [3.8, 4) is 11.8 Å². The van der Waals surface area contributed by atoms with Gasteiger partial charge in [-0.2, -0.15) is 5.26 Å². The molecule has 0 saturated heterocycles. The molecular formula is C25H25N3O2. The van der Waals surface area contributed by atoms with Crippen LogP contribution in [0.25, 0.3) is 17.3 Å². The zero-order valence-corrected chi connectivity index (χ0v) is 17.9. The second kappa shape index (κ2) is 8.00. The third-order valence-electron chi connectivity index (χ3n) is 5.25. The maximum Gasteiger partial charge on any atom is 0.270 e. The summed E-state index contributed by atoms with van der Waals surface area (Å²) in [5, 5.41) is 20.7. The molecule has 0 radical (unpaired) electrons. The first-order valence-corrected chi connectivity index (χ1v) is 9.78. The van der Waals surface area contributed by atoms with Crippen molar-refractivity contribution in [3.05, 3.63) is 92.8 Å². The van der Waals surface area contributed by atoms with E-state index in [4.69, 9.17) is 0 Å². The van der Waals surface area contributed by atoms with Gasteiger partial charge in [-0.1, -0.05) is 45.0 Å². The smallest absolute Gasteiger partial charge is 0.270 e. The van der Waals surface area contributed by atoms with Gasteiger partial charge < -0.3 is 4.57 Å². The molecule has 0 fully saturated rings. The fourth-order valence-electron chi connectivity index (χ4n) is 3.56. The minimum absolute atomic E-state index is 0.0296. The van der Waals surface area contributed by atoms with E-state index in [1.165, 1.54) is 17.7 Å². The molecule has 0 unspecified atom stereocenters. The van der Waals surface area contributed by atoms with Crippen molar-refractivity contribution in [2.75, 3.05) is 0 Å². The van der Waals surface area contributed by atoms with Gasteiger partial charge in [0.05, 0.1) is 16.6 Å². The highest BCUT2D eigenvalue weighted by molar-refractivity contribution is 5.90. The molecule has 0 amide bonds. The summed E-state index contributed by atoms with van der Waals surface area (Å²) in [6.07, 6.45) is 1.79. The Hall–Kier alpha value is -3.65. The van der Waals surface area contributed by atoms with Gasteiger partial charge in [0.1, 0.15) is 0 Å². The quantitative estimate of drug-likeness (QED) is 0.291. The molecule has 5 nitrogen and oxygen atoms in total. The summed E-state index contributed by atoms with van der Waals surface area (Å²) < 4.78 is 2.15. The van der Waals surface area contributed by atoms with Crippen molar-refractivity contribution in [3.63, 3.8) is 0 Å². The van der Waals surface area contributed by atoms with E-state index in [-0.39, 0.29) is 11.1 Å². The Morgan fingerprint density at radius 1 is 1.10 bits per heavy atom. The monoisotopic (exact) mass is 399 g/mol. The van der Waals surface area contributed by atoms with E-state index in [0.717, 1.165) is 22.6 Å². The van der Waals surface area contributed by atoms with Crippen molar-refractivity contribution in [1.82, 2.24) is 4.57 Å². The minimum Gasteiger partial charge on any atom is -0.318 e. The Kier molecular flexibility index (Phi) is 5.62. The number of aryl methyl sites for hydroxylation is 1. The molecule has 1 aromatic heterocycles. The Balaban J connectivity index is 2.04. The molecule has 0 atom stereocenters. The van der Waals surface area contributed by atoms with Gasteiger partial charge in [0.2, 0.25) is 0 Å². The second-order valence-corrected chi connectivity index (χ2v) is 8.44. The lowest BCUT2D eigenvalue weighted by Crippen LogP contribution is -2.11. The van der Waals surface area contributed by atoms with Gasteiger partial charge in [0.25, 0.3) is 5.69 Å². The van der Waals surface area contributed by atoms with Crippen LogP contribution in [-0.4, -0.2) is 9.49 Å². The van der Waals surface area contributed by atoms with Gasteiger partial charge >= 0.3 is 0 Å². The van der Waals surface area contributed by atoms with Crippen LogP contribution in [0.1, 0.15) is 48.8 Å². The molecule has 152 valence electrons. The van der Waals surface area contributed by atoms with E-state index in [1.807, 2.05) is 19.9 Å². The van der Waals surface area contributed by atoms with Crippen molar-refractivity contribution >= 4 is 17.3 Å². The molecule has 0 N–H and O–H groups in total. The predicted octanol–water partition coefficient (Wildman–Crippen LogP) is 6.36. The molecular weight excluding hydrogens is 374 g/mol. The van der Waals surface area contributed by atoms with Gasteiger partial charge in [-0.3, -0.25) is 10.1 Å². The average Bonchev–Trinajstić information content (AvgIpc) is 2.98. The maximum absolute atomic E-state index is 11.1. The molecule has 0 saturated carbocycles. The summed E-state index contributed by atoms with van der Waals surface area (Å²) >= 11 is 0.